The van der Waals surface area contributed by atoms with Gasteiger partial charge in [0.1, 0.15) is 0 Å². The second kappa shape index (κ2) is 6.29. The highest BCUT2D eigenvalue weighted by Gasteiger charge is 2.16. The molecular weight excluding hydrogens is 202 g/mol. The molecule has 0 fully saturated rings. The van der Waals surface area contributed by atoms with Crippen molar-refractivity contribution in [2.24, 2.45) is 5.92 Å². The number of hydrogen-bond acceptors (Lipinski definition) is 2. The molecular formula is C13H23NS. The summed E-state index contributed by atoms with van der Waals surface area (Å²) in [5.74, 6) is 0.751. The largest absolute Gasteiger partial charge is 0.310 e. The Bertz CT molecular complexity index is 278. The van der Waals surface area contributed by atoms with Gasteiger partial charge >= 0.3 is 0 Å². The zero-order valence-corrected chi connectivity index (χ0v) is 11.2. The molecule has 0 saturated carbocycles. The van der Waals surface area contributed by atoms with Gasteiger partial charge < -0.3 is 5.32 Å². The van der Waals surface area contributed by atoms with E-state index < -0.39 is 0 Å². The topological polar surface area (TPSA) is 12.0 Å². The third-order valence-corrected chi connectivity index (χ3v) is 3.71. The predicted molar refractivity (Wildman–Crippen MR) is 69.6 cm³/mol. The molecule has 0 aromatic carbocycles. The lowest BCUT2D eigenvalue weighted by Gasteiger charge is -2.20. The normalized spacial score (nSPS) is 13.4. The molecule has 1 aromatic rings. The van der Waals surface area contributed by atoms with E-state index in [4.69, 9.17) is 0 Å². The van der Waals surface area contributed by atoms with Gasteiger partial charge in [0.05, 0.1) is 0 Å². The van der Waals surface area contributed by atoms with Gasteiger partial charge in [0.25, 0.3) is 0 Å². The van der Waals surface area contributed by atoms with Crippen molar-refractivity contribution in [1.29, 1.82) is 0 Å². The molecule has 0 aliphatic rings. The fraction of sp³-hybridized carbons (Fsp3) is 0.692. The smallest absolute Gasteiger partial charge is 0.0419 e. The first kappa shape index (κ1) is 12.7. The number of hydrogen-bond donors (Lipinski definition) is 1. The first-order valence-electron chi connectivity index (χ1n) is 5.98. The summed E-state index contributed by atoms with van der Waals surface area (Å²) in [6.45, 7) is 10.1. The summed E-state index contributed by atoms with van der Waals surface area (Å²) in [6.07, 6.45) is 2.39. The summed E-state index contributed by atoms with van der Waals surface area (Å²) in [5.41, 5.74) is 1.52. The number of thiophene rings is 1. The molecule has 0 saturated heterocycles. The van der Waals surface area contributed by atoms with Crippen molar-refractivity contribution in [3.05, 3.63) is 21.9 Å². The van der Waals surface area contributed by atoms with Crippen molar-refractivity contribution in [2.45, 2.75) is 46.6 Å². The van der Waals surface area contributed by atoms with E-state index in [0.717, 1.165) is 18.9 Å². The minimum Gasteiger partial charge on any atom is -0.310 e. The standard InChI is InChI=1S/C13H23NS/c1-5-11-7-8-15-13(11)12(14-6-2)9-10(3)4/h7-8,10,12,14H,5-6,9H2,1-4H3. The van der Waals surface area contributed by atoms with Crippen LogP contribution in [0.25, 0.3) is 0 Å². The summed E-state index contributed by atoms with van der Waals surface area (Å²) >= 11 is 1.90. The van der Waals surface area contributed by atoms with Crippen LogP contribution >= 0.6 is 11.3 Å². The molecule has 0 bridgehead atoms. The maximum Gasteiger partial charge on any atom is 0.0419 e. The van der Waals surface area contributed by atoms with Crippen LogP contribution in [0.1, 0.15) is 50.6 Å². The summed E-state index contributed by atoms with van der Waals surface area (Å²) < 4.78 is 0. The summed E-state index contributed by atoms with van der Waals surface area (Å²) in [5, 5.41) is 5.82. The molecule has 1 unspecified atom stereocenters. The van der Waals surface area contributed by atoms with Crippen LogP contribution in [0, 0.1) is 5.92 Å². The lowest BCUT2D eigenvalue weighted by atomic mass is 9.99. The summed E-state index contributed by atoms with van der Waals surface area (Å²) in [6, 6.07) is 2.83. The van der Waals surface area contributed by atoms with Crippen molar-refractivity contribution in [3.8, 4) is 0 Å². The Balaban J connectivity index is 2.78. The summed E-state index contributed by atoms with van der Waals surface area (Å²) in [4.78, 5) is 1.55. The van der Waals surface area contributed by atoms with Gasteiger partial charge in [-0.1, -0.05) is 27.7 Å². The van der Waals surface area contributed by atoms with Gasteiger partial charge in [-0.2, -0.15) is 0 Å². The Labute approximate surface area is 97.9 Å². The second-order valence-corrected chi connectivity index (χ2v) is 5.35. The molecule has 15 heavy (non-hydrogen) atoms. The zero-order chi connectivity index (χ0) is 11.3. The van der Waals surface area contributed by atoms with E-state index in [1.54, 1.807) is 4.88 Å². The molecule has 1 aromatic heterocycles. The fourth-order valence-corrected chi connectivity index (χ4v) is 3.03. The van der Waals surface area contributed by atoms with Crippen molar-refractivity contribution in [3.63, 3.8) is 0 Å². The Kier molecular flexibility index (Phi) is 5.34. The van der Waals surface area contributed by atoms with E-state index in [-0.39, 0.29) is 0 Å². The predicted octanol–water partition coefficient (Wildman–Crippen LogP) is 4.01. The van der Waals surface area contributed by atoms with Gasteiger partial charge in [-0.05, 0) is 42.3 Å². The van der Waals surface area contributed by atoms with Crippen LogP contribution < -0.4 is 5.32 Å². The van der Waals surface area contributed by atoms with E-state index in [1.807, 2.05) is 11.3 Å². The van der Waals surface area contributed by atoms with Crippen molar-refractivity contribution >= 4 is 11.3 Å². The van der Waals surface area contributed by atoms with Gasteiger partial charge in [0, 0.05) is 10.9 Å². The summed E-state index contributed by atoms with van der Waals surface area (Å²) in [7, 11) is 0. The van der Waals surface area contributed by atoms with E-state index >= 15 is 0 Å². The Morgan fingerprint density at radius 1 is 1.33 bits per heavy atom. The Hall–Kier alpha value is -0.340. The molecule has 86 valence electrons. The van der Waals surface area contributed by atoms with Crippen LogP contribution in [-0.2, 0) is 6.42 Å². The lowest BCUT2D eigenvalue weighted by molar-refractivity contribution is 0.442. The van der Waals surface area contributed by atoms with Crippen LogP contribution in [0.3, 0.4) is 0 Å². The molecule has 0 aliphatic heterocycles. The maximum absolute atomic E-state index is 3.60. The molecule has 1 rings (SSSR count). The molecule has 1 N–H and O–H groups in total. The van der Waals surface area contributed by atoms with Crippen molar-refractivity contribution in [2.75, 3.05) is 6.54 Å². The number of rotatable bonds is 6. The van der Waals surface area contributed by atoms with Crippen LogP contribution in [-0.4, -0.2) is 6.54 Å². The fourth-order valence-electron chi connectivity index (χ4n) is 1.95. The van der Waals surface area contributed by atoms with Gasteiger partial charge in [0.2, 0.25) is 0 Å². The SMILES string of the molecule is CCNC(CC(C)C)c1sccc1CC. The minimum atomic E-state index is 0.560. The molecule has 2 heteroatoms. The van der Waals surface area contributed by atoms with E-state index in [2.05, 4.69) is 44.5 Å². The van der Waals surface area contributed by atoms with Crippen LogP contribution in [0.4, 0.5) is 0 Å². The molecule has 1 nitrogen and oxygen atoms in total. The average Bonchev–Trinajstić information content (AvgIpc) is 2.64. The molecule has 0 spiro atoms. The monoisotopic (exact) mass is 225 g/mol. The first-order chi connectivity index (χ1) is 7.19. The quantitative estimate of drug-likeness (QED) is 0.771. The Morgan fingerprint density at radius 3 is 2.60 bits per heavy atom. The number of aryl methyl sites for hydroxylation is 1. The third kappa shape index (κ3) is 3.62. The first-order valence-corrected chi connectivity index (χ1v) is 6.86. The van der Waals surface area contributed by atoms with Gasteiger partial charge in [-0.15, -0.1) is 11.3 Å². The van der Waals surface area contributed by atoms with Gasteiger partial charge in [-0.3, -0.25) is 0 Å². The van der Waals surface area contributed by atoms with Crippen LogP contribution in [0.15, 0.2) is 11.4 Å². The average molecular weight is 225 g/mol. The second-order valence-electron chi connectivity index (χ2n) is 4.40. The molecule has 0 aliphatic carbocycles. The molecule has 0 radical (unpaired) electrons. The van der Waals surface area contributed by atoms with Gasteiger partial charge in [0.15, 0.2) is 0 Å². The van der Waals surface area contributed by atoms with Crippen molar-refractivity contribution in [1.82, 2.24) is 5.32 Å². The lowest BCUT2D eigenvalue weighted by Crippen LogP contribution is -2.22. The number of nitrogens with one attached hydrogen (secondary N) is 1. The Morgan fingerprint density at radius 2 is 2.07 bits per heavy atom. The molecule has 1 heterocycles. The molecule has 1 atom stereocenters. The molecule has 0 amide bonds. The minimum absolute atomic E-state index is 0.560. The van der Waals surface area contributed by atoms with E-state index in [1.165, 1.54) is 12.0 Å². The zero-order valence-electron chi connectivity index (χ0n) is 10.3. The van der Waals surface area contributed by atoms with Crippen LogP contribution in [0.2, 0.25) is 0 Å². The van der Waals surface area contributed by atoms with E-state index in [0.29, 0.717) is 6.04 Å². The van der Waals surface area contributed by atoms with Crippen molar-refractivity contribution < 1.29 is 0 Å². The van der Waals surface area contributed by atoms with Crippen LogP contribution in [0.5, 0.6) is 0 Å². The van der Waals surface area contributed by atoms with Gasteiger partial charge in [-0.25, -0.2) is 0 Å². The third-order valence-electron chi connectivity index (χ3n) is 2.64. The van der Waals surface area contributed by atoms with E-state index in [9.17, 15) is 0 Å². The highest BCUT2D eigenvalue weighted by atomic mass is 32.1. The maximum atomic E-state index is 3.60. The highest BCUT2D eigenvalue weighted by Crippen LogP contribution is 2.29. The highest BCUT2D eigenvalue weighted by molar-refractivity contribution is 7.10.